The minimum atomic E-state index is -0.452. The van der Waals surface area contributed by atoms with E-state index < -0.39 is 5.97 Å². The number of fused-ring (bicyclic) bond motifs is 1. The number of hydrogen-bond acceptors (Lipinski definition) is 5. The summed E-state index contributed by atoms with van der Waals surface area (Å²) in [6.45, 7) is 1.29. The maximum Gasteiger partial charge on any atom is 0.308 e. The predicted molar refractivity (Wildman–Crippen MR) is 68.9 cm³/mol. The maximum absolute atomic E-state index is 12.0. The second kappa shape index (κ2) is 5.30. The zero-order valence-corrected chi connectivity index (χ0v) is 10.1. The number of rotatable bonds is 3. The van der Waals surface area contributed by atoms with E-state index in [0.717, 1.165) is 0 Å². The number of esters is 1. The van der Waals surface area contributed by atoms with Crippen molar-refractivity contribution >= 4 is 29.3 Å². The first-order chi connectivity index (χ1) is 9.11. The predicted octanol–water partition coefficient (Wildman–Crippen LogP) is 1.93. The Hall–Kier alpha value is -2.69. The molecule has 2 rings (SSSR count). The van der Waals surface area contributed by atoms with E-state index in [1.165, 1.54) is 43.5 Å². The van der Waals surface area contributed by atoms with Crippen molar-refractivity contribution in [2.45, 2.75) is 6.92 Å². The standard InChI is InChI=1S/C14H10O5/c1-9(16)19-11-4-5-12-13(7-11)18-8-10(14(12)17)3-2-6-15/h2-8H,1H3/b3-2-. The molecule has 0 unspecified atom stereocenters. The van der Waals surface area contributed by atoms with Crippen LogP contribution in [0.2, 0.25) is 0 Å². The van der Waals surface area contributed by atoms with E-state index in [2.05, 4.69) is 0 Å². The second-order valence-corrected chi connectivity index (χ2v) is 3.77. The fraction of sp³-hybridized carbons (Fsp3) is 0.0714. The molecule has 0 aliphatic heterocycles. The fourth-order valence-corrected chi connectivity index (χ4v) is 1.61. The van der Waals surface area contributed by atoms with Crippen molar-refractivity contribution in [3.05, 3.63) is 46.3 Å². The summed E-state index contributed by atoms with van der Waals surface area (Å²) in [6.07, 6.45) is 4.42. The molecule has 0 aliphatic rings. The Kier molecular flexibility index (Phi) is 3.56. The number of benzene rings is 1. The Balaban J connectivity index is 2.53. The first-order valence-electron chi connectivity index (χ1n) is 5.47. The lowest BCUT2D eigenvalue weighted by atomic mass is 10.1. The van der Waals surface area contributed by atoms with E-state index in [9.17, 15) is 14.4 Å². The molecular formula is C14H10O5. The summed E-state index contributed by atoms with van der Waals surface area (Å²) in [5, 5.41) is 0.351. The number of ether oxygens (including phenoxy) is 1. The largest absolute Gasteiger partial charge is 0.463 e. The summed E-state index contributed by atoms with van der Waals surface area (Å²) in [5.74, 6) is -0.147. The van der Waals surface area contributed by atoms with Crippen molar-refractivity contribution in [2.24, 2.45) is 0 Å². The second-order valence-electron chi connectivity index (χ2n) is 3.77. The van der Waals surface area contributed by atoms with Crippen LogP contribution in [0.5, 0.6) is 5.75 Å². The zero-order valence-electron chi connectivity index (χ0n) is 10.1. The average Bonchev–Trinajstić information content (AvgIpc) is 2.37. The Labute approximate surface area is 108 Å². The van der Waals surface area contributed by atoms with Gasteiger partial charge in [-0.2, -0.15) is 0 Å². The van der Waals surface area contributed by atoms with Gasteiger partial charge in [-0.05, 0) is 24.3 Å². The summed E-state index contributed by atoms with van der Waals surface area (Å²) >= 11 is 0. The summed E-state index contributed by atoms with van der Waals surface area (Å²) in [7, 11) is 0. The van der Waals surface area contributed by atoms with Crippen LogP contribution >= 0.6 is 0 Å². The minimum absolute atomic E-state index is 0.256. The molecule has 0 saturated carbocycles. The fourth-order valence-electron chi connectivity index (χ4n) is 1.61. The molecule has 2 aromatic rings. The quantitative estimate of drug-likeness (QED) is 0.364. The van der Waals surface area contributed by atoms with Crippen LogP contribution in [0.1, 0.15) is 12.5 Å². The Morgan fingerprint density at radius 2 is 2.16 bits per heavy atom. The molecule has 0 N–H and O–H groups in total. The molecule has 0 saturated heterocycles. The first kappa shape index (κ1) is 12.8. The molecule has 19 heavy (non-hydrogen) atoms. The lowest BCUT2D eigenvalue weighted by Crippen LogP contribution is -2.06. The van der Waals surface area contributed by atoms with Crippen LogP contribution < -0.4 is 10.2 Å². The van der Waals surface area contributed by atoms with Gasteiger partial charge < -0.3 is 9.15 Å². The van der Waals surface area contributed by atoms with Crippen LogP contribution in [-0.4, -0.2) is 12.3 Å². The third-order valence-corrected chi connectivity index (χ3v) is 2.39. The molecular weight excluding hydrogens is 248 g/mol. The topological polar surface area (TPSA) is 73.6 Å². The van der Waals surface area contributed by atoms with Crippen molar-refractivity contribution < 1.29 is 18.7 Å². The molecule has 0 fully saturated rings. The Morgan fingerprint density at radius 1 is 1.37 bits per heavy atom. The van der Waals surface area contributed by atoms with Crippen molar-refractivity contribution in [1.29, 1.82) is 0 Å². The molecule has 96 valence electrons. The van der Waals surface area contributed by atoms with Crippen molar-refractivity contribution in [1.82, 2.24) is 0 Å². The SMILES string of the molecule is CC(=O)Oc1ccc2c(=O)c(/C=C\C=O)coc2c1. The Morgan fingerprint density at radius 3 is 2.84 bits per heavy atom. The van der Waals surface area contributed by atoms with Gasteiger partial charge in [0.2, 0.25) is 0 Å². The van der Waals surface area contributed by atoms with E-state index in [1.807, 2.05) is 0 Å². The molecule has 5 heteroatoms. The lowest BCUT2D eigenvalue weighted by molar-refractivity contribution is -0.131. The van der Waals surface area contributed by atoms with Crippen LogP contribution in [0.3, 0.4) is 0 Å². The third-order valence-electron chi connectivity index (χ3n) is 2.39. The first-order valence-corrected chi connectivity index (χ1v) is 5.47. The van der Waals surface area contributed by atoms with E-state index in [4.69, 9.17) is 9.15 Å². The van der Waals surface area contributed by atoms with Gasteiger partial charge in [-0.15, -0.1) is 0 Å². The highest BCUT2D eigenvalue weighted by Crippen LogP contribution is 2.19. The van der Waals surface area contributed by atoms with Crippen LogP contribution in [0, 0.1) is 0 Å². The molecule has 5 nitrogen and oxygen atoms in total. The van der Waals surface area contributed by atoms with Crippen LogP contribution in [0.15, 0.2) is 39.7 Å². The number of carbonyl (C=O) groups excluding carboxylic acids is 2. The zero-order chi connectivity index (χ0) is 13.8. The van der Waals surface area contributed by atoms with Gasteiger partial charge in [0.05, 0.1) is 10.9 Å². The van der Waals surface area contributed by atoms with Crippen molar-refractivity contribution in [2.75, 3.05) is 0 Å². The van der Waals surface area contributed by atoms with Gasteiger partial charge in [-0.25, -0.2) is 0 Å². The van der Waals surface area contributed by atoms with E-state index in [-0.39, 0.29) is 11.0 Å². The molecule has 0 bridgehead atoms. The molecule has 1 aromatic carbocycles. The van der Waals surface area contributed by atoms with Gasteiger partial charge in [-0.3, -0.25) is 14.4 Å². The minimum Gasteiger partial charge on any atom is -0.463 e. The smallest absolute Gasteiger partial charge is 0.308 e. The van der Waals surface area contributed by atoms with E-state index in [0.29, 0.717) is 23.0 Å². The average molecular weight is 258 g/mol. The summed E-state index contributed by atoms with van der Waals surface area (Å²) < 4.78 is 10.2. The lowest BCUT2D eigenvalue weighted by Gasteiger charge is -2.02. The molecule has 0 spiro atoms. The van der Waals surface area contributed by atoms with Crippen LogP contribution in [0.4, 0.5) is 0 Å². The number of allylic oxidation sites excluding steroid dienone is 1. The monoisotopic (exact) mass is 258 g/mol. The summed E-state index contributed by atoms with van der Waals surface area (Å²) in [4.78, 5) is 33.1. The highest BCUT2D eigenvalue weighted by Gasteiger charge is 2.07. The third kappa shape index (κ3) is 2.77. The molecule has 0 radical (unpaired) electrons. The highest BCUT2D eigenvalue weighted by molar-refractivity contribution is 5.82. The van der Waals surface area contributed by atoms with Gasteiger partial charge in [0, 0.05) is 13.0 Å². The van der Waals surface area contributed by atoms with Gasteiger partial charge in [0.1, 0.15) is 23.9 Å². The van der Waals surface area contributed by atoms with Gasteiger partial charge in [0.25, 0.3) is 0 Å². The van der Waals surface area contributed by atoms with Gasteiger partial charge in [0.15, 0.2) is 5.43 Å². The van der Waals surface area contributed by atoms with Gasteiger partial charge >= 0.3 is 5.97 Å². The number of aldehydes is 1. The van der Waals surface area contributed by atoms with Crippen molar-refractivity contribution in [3.8, 4) is 5.75 Å². The van der Waals surface area contributed by atoms with Crippen LogP contribution in [-0.2, 0) is 9.59 Å². The Bertz CT molecular complexity index is 724. The van der Waals surface area contributed by atoms with E-state index >= 15 is 0 Å². The summed E-state index contributed by atoms with van der Waals surface area (Å²) in [5.41, 5.74) is 0.334. The highest BCUT2D eigenvalue weighted by atomic mass is 16.5. The molecule has 1 aromatic heterocycles. The normalized spacial score (nSPS) is 10.8. The molecule has 0 amide bonds. The van der Waals surface area contributed by atoms with E-state index in [1.54, 1.807) is 0 Å². The number of carbonyl (C=O) groups is 2. The van der Waals surface area contributed by atoms with Crippen molar-refractivity contribution in [3.63, 3.8) is 0 Å². The molecule has 0 atom stereocenters. The molecule has 1 heterocycles. The van der Waals surface area contributed by atoms with Crippen LogP contribution in [0.25, 0.3) is 17.0 Å². The maximum atomic E-state index is 12.0. The van der Waals surface area contributed by atoms with Gasteiger partial charge in [-0.1, -0.05) is 0 Å². The molecule has 0 aliphatic carbocycles. The number of hydrogen-bond donors (Lipinski definition) is 0. The summed E-state index contributed by atoms with van der Waals surface area (Å²) in [6, 6.07) is 4.48.